The van der Waals surface area contributed by atoms with E-state index in [2.05, 4.69) is 19.2 Å². The van der Waals surface area contributed by atoms with Crippen LogP contribution >= 0.6 is 0 Å². The molecule has 0 heterocycles. The van der Waals surface area contributed by atoms with E-state index in [9.17, 15) is 0 Å². The smallest absolute Gasteiger partial charge is 0.0149 e. The monoisotopic (exact) mass is 98.1 g/mol. The van der Waals surface area contributed by atoms with Gasteiger partial charge < -0.3 is 0 Å². The molecule has 0 aliphatic heterocycles. The number of hydrogen-bond donors (Lipinski definition) is 0. The molecule has 6 heavy (non-hydrogen) atoms. The van der Waals surface area contributed by atoms with Crippen molar-refractivity contribution in [3.63, 3.8) is 0 Å². The lowest BCUT2D eigenvalue weighted by Crippen LogP contribution is -1.72. The van der Waals surface area contributed by atoms with E-state index in [4.69, 9.17) is 0 Å². The van der Waals surface area contributed by atoms with Gasteiger partial charge >= 0.3 is 0 Å². The van der Waals surface area contributed by atoms with E-state index in [1.807, 2.05) is 5.70 Å². The first kappa shape index (κ1) is 5.83. The third-order valence-electron chi connectivity index (χ3n) is 0.508. The third-order valence-corrected chi connectivity index (χ3v) is 1.52. The van der Waals surface area contributed by atoms with Crippen LogP contribution in [0.4, 0.5) is 0 Å². The summed E-state index contributed by atoms with van der Waals surface area (Å²) in [6.07, 6.45) is 1.20. The Bertz CT molecular complexity index is 55.0. The molecule has 0 fully saturated rings. The van der Waals surface area contributed by atoms with Gasteiger partial charge in [-0.1, -0.05) is 12.6 Å². The Morgan fingerprint density at radius 3 is 2.67 bits per heavy atom. The first-order chi connectivity index (χ1) is 2.91. The summed E-state index contributed by atoms with van der Waals surface area (Å²) < 4.78 is 0. The Kier molecular flexibility index (Phi) is 4.69. The molecule has 34 valence electrons. The van der Waals surface area contributed by atoms with Crippen molar-refractivity contribution < 1.29 is 0 Å². The molecule has 0 aromatic carbocycles. The Labute approximate surface area is 41.3 Å². The van der Waals surface area contributed by atoms with Gasteiger partial charge in [0.2, 0.25) is 0 Å². The molecule has 0 aromatic rings. The van der Waals surface area contributed by atoms with Crippen LogP contribution in [0.1, 0.15) is 13.3 Å². The average Bonchev–Trinajstić information content (AvgIpc) is 1.61. The summed E-state index contributed by atoms with van der Waals surface area (Å²) in [6.45, 7) is 5.75. The molecular formula is C5H10Si. The number of rotatable bonds is 2. The molecule has 0 aromatic heterocycles. The molecule has 0 radical (unpaired) electrons. The fourth-order valence-corrected chi connectivity index (χ4v) is 0.697. The first-order valence-electron chi connectivity index (χ1n) is 2.19. The van der Waals surface area contributed by atoms with Crippen LogP contribution in [0.3, 0.4) is 0 Å². The highest BCUT2D eigenvalue weighted by Crippen LogP contribution is 1.58. The highest BCUT2D eigenvalue weighted by molar-refractivity contribution is 6.51. The maximum Gasteiger partial charge on any atom is 0.0149 e. The lowest BCUT2D eigenvalue weighted by atomic mass is 10.6. The van der Waals surface area contributed by atoms with Gasteiger partial charge in [-0.25, -0.2) is 0 Å². The van der Waals surface area contributed by atoms with Crippen LogP contribution in [-0.4, -0.2) is 14.8 Å². The highest BCUT2D eigenvalue weighted by atomic mass is 28.2. The summed E-state index contributed by atoms with van der Waals surface area (Å²) in [5, 5.41) is 0. The second-order valence-corrected chi connectivity index (χ2v) is 2.40. The molecule has 1 heteroatoms. The van der Waals surface area contributed by atoms with Crippen molar-refractivity contribution in [2.75, 3.05) is 0 Å². The van der Waals surface area contributed by atoms with Gasteiger partial charge in [-0.15, -0.1) is 12.3 Å². The van der Waals surface area contributed by atoms with E-state index in [1.54, 1.807) is 0 Å². The van der Waals surface area contributed by atoms with Crippen LogP contribution in [0.5, 0.6) is 0 Å². The number of hydrogen-bond acceptors (Lipinski definition) is 0. The first-order valence-corrected chi connectivity index (χ1v) is 3.52. The molecule has 0 aliphatic carbocycles. The van der Waals surface area contributed by atoms with Gasteiger partial charge in [0.15, 0.2) is 0 Å². The quantitative estimate of drug-likeness (QED) is 0.448. The minimum absolute atomic E-state index is 0.457. The van der Waals surface area contributed by atoms with E-state index in [0.717, 1.165) is 0 Å². The topological polar surface area (TPSA) is 0 Å². The molecular weight excluding hydrogens is 88.1 g/mol. The predicted molar refractivity (Wildman–Crippen MR) is 33.7 cm³/mol. The predicted octanol–water partition coefficient (Wildman–Crippen LogP) is 0.779. The van der Waals surface area contributed by atoms with Gasteiger partial charge in [-0.3, -0.25) is 0 Å². The van der Waals surface area contributed by atoms with Gasteiger partial charge in [0.1, 0.15) is 0 Å². The van der Waals surface area contributed by atoms with E-state index >= 15 is 0 Å². The SMILES string of the molecule is C=C[SiH]=CCC. The summed E-state index contributed by atoms with van der Waals surface area (Å²) in [5.41, 5.74) is 4.26. The molecule has 0 saturated heterocycles. The van der Waals surface area contributed by atoms with Crippen molar-refractivity contribution in [1.29, 1.82) is 0 Å². The molecule has 0 N–H and O–H groups in total. The van der Waals surface area contributed by atoms with Crippen LogP contribution in [0, 0.1) is 0 Å². The van der Waals surface area contributed by atoms with Crippen LogP contribution in [0.15, 0.2) is 12.3 Å². The minimum atomic E-state index is 0.457. The second kappa shape index (κ2) is 4.83. The normalized spacial score (nSPS) is 9.50. The fraction of sp³-hybridized carbons (Fsp3) is 0.400. The molecule has 0 nitrogen and oxygen atoms in total. The zero-order valence-corrected chi connectivity index (χ0v) is 5.30. The molecule has 0 bridgehead atoms. The largest absolute Gasteiger partial charge is 0.104 e. The van der Waals surface area contributed by atoms with E-state index in [1.165, 1.54) is 6.42 Å². The molecule has 0 unspecified atom stereocenters. The maximum atomic E-state index is 3.60. The molecule has 0 rings (SSSR count). The maximum absolute atomic E-state index is 3.60. The van der Waals surface area contributed by atoms with Crippen molar-refractivity contribution in [2.45, 2.75) is 13.3 Å². The molecule has 0 spiro atoms. The van der Waals surface area contributed by atoms with E-state index in [0.29, 0.717) is 9.13 Å². The minimum Gasteiger partial charge on any atom is -0.104 e. The molecule has 0 aliphatic rings. The van der Waals surface area contributed by atoms with E-state index in [-0.39, 0.29) is 0 Å². The zero-order valence-electron chi connectivity index (χ0n) is 4.15. The van der Waals surface area contributed by atoms with Gasteiger partial charge in [-0.05, 0) is 6.42 Å². The Hall–Kier alpha value is -0.173. The van der Waals surface area contributed by atoms with Gasteiger partial charge in [0.25, 0.3) is 0 Å². The fourth-order valence-electron chi connectivity index (χ4n) is 0.232. The van der Waals surface area contributed by atoms with Crippen molar-refractivity contribution in [3.05, 3.63) is 12.3 Å². The lowest BCUT2D eigenvalue weighted by Gasteiger charge is -1.67. The van der Waals surface area contributed by atoms with Crippen molar-refractivity contribution in [1.82, 2.24) is 0 Å². The van der Waals surface area contributed by atoms with Gasteiger partial charge in [0.05, 0.1) is 0 Å². The summed E-state index contributed by atoms with van der Waals surface area (Å²) in [6, 6.07) is 0. The molecule has 0 saturated carbocycles. The molecule has 0 amide bonds. The Balaban J connectivity index is 2.94. The Morgan fingerprint density at radius 1 is 1.83 bits per heavy atom. The molecule has 0 atom stereocenters. The van der Waals surface area contributed by atoms with Crippen molar-refractivity contribution in [3.8, 4) is 0 Å². The highest BCUT2D eigenvalue weighted by Gasteiger charge is 1.56. The van der Waals surface area contributed by atoms with Crippen LogP contribution in [0.25, 0.3) is 0 Å². The lowest BCUT2D eigenvalue weighted by molar-refractivity contribution is 1.35. The zero-order chi connectivity index (χ0) is 4.83. The van der Waals surface area contributed by atoms with Crippen LogP contribution in [-0.2, 0) is 0 Å². The second-order valence-electron chi connectivity index (χ2n) is 1.07. The Morgan fingerprint density at radius 2 is 2.50 bits per heavy atom. The third kappa shape index (κ3) is 3.83. The summed E-state index contributed by atoms with van der Waals surface area (Å²) in [7, 11) is 0.457. The van der Waals surface area contributed by atoms with Crippen LogP contribution in [0.2, 0.25) is 0 Å². The van der Waals surface area contributed by atoms with Crippen LogP contribution < -0.4 is 0 Å². The summed E-state index contributed by atoms with van der Waals surface area (Å²) >= 11 is 0. The summed E-state index contributed by atoms with van der Waals surface area (Å²) in [4.78, 5) is 0. The van der Waals surface area contributed by atoms with Crippen molar-refractivity contribution in [2.24, 2.45) is 0 Å². The van der Waals surface area contributed by atoms with Crippen molar-refractivity contribution >= 4 is 14.8 Å². The standard InChI is InChI=1S/C5H10Si/c1-3-5-6-4-2/h4-6H,2-3H2,1H3. The summed E-state index contributed by atoms with van der Waals surface area (Å²) in [5.74, 6) is 0. The van der Waals surface area contributed by atoms with Gasteiger partial charge in [-0.2, -0.15) is 0 Å². The van der Waals surface area contributed by atoms with E-state index < -0.39 is 0 Å². The average molecular weight is 98.2 g/mol. The van der Waals surface area contributed by atoms with Gasteiger partial charge in [0, 0.05) is 9.13 Å².